The average molecular weight is 195 g/mol. The predicted octanol–water partition coefficient (Wildman–Crippen LogP) is 3.20. The van der Waals surface area contributed by atoms with Gasteiger partial charge in [0.2, 0.25) is 0 Å². The molecule has 2 fully saturated rings. The van der Waals surface area contributed by atoms with Crippen molar-refractivity contribution in [3.05, 3.63) is 0 Å². The third-order valence-corrected chi connectivity index (χ3v) is 4.43. The van der Waals surface area contributed by atoms with Gasteiger partial charge in [-0.05, 0) is 56.9 Å². The van der Waals surface area contributed by atoms with E-state index in [-0.39, 0.29) is 0 Å². The monoisotopic (exact) mass is 195 g/mol. The van der Waals surface area contributed by atoms with E-state index in [1.54, 1.807) is 6.42 Å². The fraction of sp³-hybridized carbons (Fsp3) is 1.00. The Kier molecular flexibility index (Phi) is 3.48. The zero-order valence-corrected chi connectivity index (χ0v) is 9.76. The summed E-state index contributed by atoms with van der Waals surface area (Å²) in [7, 11) is 0. The highest BCUT2D eigenvalue weighted by molar-refractivity contribution is 4.93. The van der Waals surface area contributed by atoms with Gasteiger partial charge in [-0.1, -0.05) is 19.8 Å². The molecule has 0 amide bonds. The van der Waals surface area contributed by atoms with Crippen LogP contribution in [-0.2, 0) is 0 Å². The molecular formula is C13H25N. The Morgan fingerprint density at radius 3 is 2.71 bits per heavy atom. The van der Waals surface area contributed by atoms with E-state index in [1.807, 2.05) is 0 Å². The van der Waals surface area contributed by atoms with Crippen LogP contribution in [0.4, 0.5) is 0 Å². The molecular weight excluding hydrogens is 170 g/mol. The van der Waals surface area contributed by atoms with E-state index in [0.717, 1.165) is 23.8 Å². The van der Waals surface area contributed by atoms with Crippen molar-refractivity contribution < 1.29 is 0 Å². The van der Waals surface area contributed by atoms with Gasteiger partial charge in [0.05, 0.1) is 0 Å². The highest BCUT2D eigenvalue weighted by Gasteiger charge is 2.41. The standard InChI is InChI=1S/C13H25N/c1-3-4-7-14-10(2)13-9-11-5-6-12(13)8-11/h10-14H,3-9H2,1-2H3/t10-,11+,12+,13+/m1/s1. The largest absolute Gasteiger partial charge is 0.314 e. The number of hydrogen-bond acceptors (Lipinski definition) is 1. The Balaban J connectivity index is 1.72. The molecule has 0 spiro atoms. The lowest BCUT2D eigenvalue weighted by atomic mass is 9.84. The van der Waals surface area contributed by atoms with Gasteiger partial charge >= 0.3 is 0 Å². The van der Waals surface area contributed by atoms with E-state index in [4.69, 9.17) is 0 Å². The van der Waals surface area contributed by atoms with Crippen molar-refractivity contribution in [2.45, 2.75) is 58.4 Å². The molecule has 0 aromatic heterocycles. The van der Waals surface area contributed by atoms with Crippen molar-refractivity contribution in [1.82, 2.24) is 5.32 Å². The van der Waals surface area contributed by atoms with E-state index >= 15 is 0 Å². The van der Waals surface area contributed by atoms with Crippen LogP contribution in [0, 0.1) is 17.8 Å². The first-order chi connectivity index (χ1) is 6.81. The van der Waals surface area contributed by atoms with Gasteiger partial charge in [0, 0.05) is 6.04 Å². The van der Waals surface area contributed by atoms with E-state index in [2.05, 4.69) is 19.2 Å². The SMILES string of the molecule is CCCCN[C@H](C)[C@@H]1C[C@H]2CC[C@H]1C2. The summed E-state index contributed by atoms with van der Waals surface area (Å²) in [6, 6.07) is 0.775. The molecule has 2 saturated carbocycles. The summed E-state index contributed by atoms with van der Waals surface area (Å²) in [5.74, 6) is 3.18. The van der Waals surface area contributed by atoms with Crippen LogP contribution in [0.3, 0.4) is 0 Å². The van der Waals surface area contributed by atoms with Gasteiger partial charge in [-0.2, -0.15) is 0 Å². The normalized spacial score (nSPS) is 37.7. The van der Waals surface area contributed by atoms with Crippen LogP contribution < -0.4 is 5.32 Å². The minimum atomic E-state index is 0.775. The van der Waals surface area contributed by atoms with Crippen LogP contribution in [-0.4, -0.2) is 12.6 Å². The first kappa shape index (κ1) is 10.5. The van der Waals surface area contributed by atoms with E-state index in [1.165, 1.54) is 38.6 Å². The molecule has 14 heavy (non-hydrogen) atoms. The van der Waals surface area contributed by atoms with Crippen LogP contribution in [0.1, 0.15) is 52.4 Å². The lowest BCUT2D eigenvalue weighted by Crippen LogP contribution is -2.36. The summed E-state index contributed by atoms with van der Waals surface area (Å²) < 4.78 is 0. The number of hydrogen-bond donors (Lipinski definition) is 1. The second-order valence-corrected chi connectivity index (χ2v) is 5.44. The van der Waals surface area contributed by atoms with Crippen LogP contribution in [0.25, 0.3) is 0 Å². The predicted molar refractivity (Wildman–Crippen MR) is 61.3 cm³/mol. The third kappa shape index (κ3) is 2.13. The first-order valence-corrected chi connectivity index (χ1v) is 6.54. The van der Waals surface area contributed by atoms with Crippen molar-refractivity contribution in [2.24, 2.45) is 17.8 Å². The molecule has 1 heteroatoms. The van der Waals surface area contributed by atoms with Gasteiger partial charge in [0.25, 0.3) is 0 Å². The second kappa shape index (κ2) is 4.65. The van der Waals surface area contributed by atoms with Crippen molar-refractivity contribution >= 4 is 0 Å². The van der Waals surface area contributed by atoms with Gasteiger partial charge in [0.15, 0.2) is 0 Å². The molecule has 2 aliphatic carbocycles. The van der Waals surface area contributed by atoms with Crippen molar-refractivity contribution in [3.63, 3.8) is 0 Å². The molecule has 1 N–H and O–H groups in total. The molecule has 0 radical (unpaired) electrons. The number of fused-ring (bicyclic) bond motifs is 2. The maximum Gasteiger partial charge on any atom is 0.00697 e. The zero-order valence-electron chi connectivity index (χ0n) is 9.76. The smallest absolute Gasteiger partial charge is 0.00697 e. The fourth-order valence-electron chi connectivity index (χ4n) is 3.56. The van der Waals surface area contributed by atoms with Crippen molar-refractivity contribution in [2.75, 3.05) is 6.54 Å². The number of unbranched alkanes of at least 4 members (excludes halogenated alkanes) is 1. The highest BCUT2D eigenvalue weighted by Crippen LogP contribution is 2.49. The summed E-state index contributed by atoms with van der Waals surface area (Å²) in [6.45, 7) is 5.90. The van der Waals surface area contributed by atoms with Gasteiger partial charge in [-0.25, -0.2) is 0 Å². The summed E-state index contributed by atoms with van der Waals surface area (Å²) in [5, 5.41) is 3.71. The molecule has 0 aliphatic heterocycles. The van der Waals surface area contributed by atoms with E-state index in [0.29, 0.717) is 0 Å². The van der Waals surface area contributed by atoms with Crippen LogP contribution in [0.5, 0.6) is 0 Å². The van der Waals surface area contributed by atoms with Crippen molar-refractivity contribution in [1.29, 1.82) is 0 Å². The number of nitrogens with one attached hydrogen (secondary N) is 1. The quantitative estimate of drug-likeness (QED) is 0.664. The maximum absolute atomic E-state index is 3.71. The Labute approximate surface area is 88.7 Å². The van der Waals surface area contributed by atoms with Gasteiger partial charge in [0.1, 0.15) is 0 Å². The van der Waals surface area contributed by atoms with Gasteiger partial charge in [-0.15, -0.1) is 0 Å². The van der Waals surface area contributed by atoms with Crippen LogP contribution in [0.15, 0.2) is 0 Å². The molecule has 4 atom stereocenters. The molecule has 2 rings (SSSR count). The van der Waals surface area contributed by atoms with Crippen LogP contribution >= 0.6 is 0 Å². The molecule has 0 unspecified atom stereocenters. The Morgan fingerprint density at radius 1 is 1.29 bits per heavy atom. The summed E-state index contributed by atoms with van der Waals surface area (Å²) in [5.41, 5.74) is 0. The average Bonchev–Trinajstić information content (AvgIpc) is 2.79. The summed E-state index contributed by atoms with van der Waals surface area (Å²) in [4.78, 5) is 0. The van der Waals surface area contributed by atoms with Gasteiger partial charge in [-0.3, -0.25) is 0 Å². The van der Waals surface area contributed by atoms with E-state index < -0.39 is 0 Å². The molecule has 82 valence electrons. The Bertz CT molecular complexity index is 178. The minimum absolute atomic E-state index is 0.775. The lowest BCUT2D eigenvalue weighted by molar-refractivity contribution is 0.260. The lowest BCUT2D eigenvalue weighted by Gasteiger charge is -2.28. The second-order valence-electron chi connectivity index (χ2n) is 5.44. The third-order valence-electron chi connectivity index (χ3n) is 4.43. The highest BCUT2D eigenvalue weighted by atomic mass is 14.9. The molecule has 0 aromatic rings. The molecule has 2 bridgehead atoms. The number of rotatable bonds is 5. The molecule has 0 heterocycles. The van der Waals surface area contributed by atoms with Gasteiger partial charge < -0.3 is 5.32 Å². The fourth-order valence-corrected chi connectivity index (χ4v) is 3.56. The minimum Gasteiger partial charge on any atom is -0.314 e. The Morgan fingerprint density at radius 2 is 2.14 bits per heavy atom. The topological polar surface area (TPSA) is 12.0 Å². The van der Waals surface area contributed by atoms with Crippen molar-refractivity contribution in [3.8, 4) is 0 Å². The molecule has 0 saturated heterocycles. The summed E-state index contributed by atoms with van der Waals surface area (Å²) >= 11 is 0. The maximum atomic E-state index is 3.71. The molecule has 0 aromatic carbocycles. The van der Waals surface area contributed by atoms with E-state index in [9.17, 15) is 0 Å². The van der Waals surface area contributed by atoms with Crippen LogP contribution in [0.2, 0.25) is 0 Å². The zero-order chi connectivity index (χ0) is 9.97. The Hall–Kier alpha value is -0.0400. The summed E-state index contributed by atoms with van der Waals surface area (Å²) in [6.07, 6.45) is 8.77. The first-order valence-electron chi connectivity index (χ1n) is 6.54. The molecule has 2 aliphatic rings. The molecule has 1 nitrogen and oxygen atoms in total.